The Hall–Kier alpha value is -2.76. The largest absolute Gasteiger partial charge is 0.490 e. The van der Waals surface area contributed by atoms with E-state index in [2.05, 4.69) is 45.2 Å². The molecule has 28 heavy (non-hydrogen) atoms. The van der Waals surface area contributed by atoms with Crippen LogP contribution in [0.3, 0.4) is 0 Å². The van der Waals surface area contributed by atoms with Gasteiger partial charge in [-0.1, -0.05) is 6.07 Å². The quantitative estimate of drug-likeness (QED) is 0.735. The van der Waals surface area contributed by atoms with Gasteiger partial charge in [0.1, 0.15) is 17.5 Å². The molecule has 6 heteroatoms. The molecule has 0 spiro atoms. The number of aromatic nitrogens is 3. The number of nitrogens with one attached hydrogen (secondary N) is 1. The van der Waals surface area contributed by atoms with Gasteiger partial charge >= 0.3 is 0 Å². The van der Waals surface area contributed by atoms with Crippen LogP contribution in [0.15, 0.2) is 36.5 Å². The zero-order valence-electron chi connectivity index (χ0n) is 16.2. The van der Waals surface area contributed by atoms with E-state index in [-0.39, 0.29) is 12.0 Å². The average Bonchev–Trinajstić information content (AvgIpc) is 3.27. The molecule has 0 bridgehead atoms. The molecule has 5 rings (SSSR count). The van der Waals surface area contributed by atoms with E-state index < -0.39 is 0 Å². The van der Waals surface area contributed by atoms with E-state index in [4.69, 9.17) is 4.74 Å². The molecule has 3 heterocycles. The van der Waals surface area contributed by atoms with Gasteiger partial charge in [0.05, 0.1) is 5.52 Å². The number of benzene rings is 1. The van der Waals surface area contributed by atoms with Crippen LogP contribution in [0.1, 0.15) is 41.9 Å². The van der Waals surface area contributed by atoms with Gasteiger partial charge in [-0.2, -0.15) is 5.10 Å². The number of H-pyrrole nitrogens is 1. The highest BCUT2D eigenvalue weighted by atomic mass is 16.5. The normalized spacial score (nSPS) is 18.0. The molecular formula is C22H26N4O2. The maximum Gasteiger partial charge on any atom is 0.274 e. The molecule has 2 aliphatic rings. The number of likely N-dealkylation sites (tertiary alicyclic amines) is 1. The molecule has 6 nitrogen and oxygen atoms in total. The van der Waals surface area contributed by atoms with Crippen molar-refractivity contribution in [3.63, 3.8) is 0 Å². The summed E-state index contributed by atoms with van der Waals surface area (Å²) in [6, 6.07) is 10.3. The van der Waals surface area contributed by atoms with E-state index in [0.29, 0.717) is 18.8 Å². The molecule has 2 aromatic heterocycles. The highest BCUT2D eigenvalue weighted by Gasteiger charge is 2.27. The molecule has 146 valence electrons. The minimum atomic E-state index is 0.00190. The Bertz CT molecular complexity index is 993. The molecule has 2 fully saturated rings. The Labute approximate surface area is 164 Å². The zero-order chi connectivity index (χ0) is 19.1. The molecule has 1 saturated heterocycles. The van der Waals surface area contributed by atoms with Crippen molar-refractivity contribution in [1.29, 1.82) is 0 Å². The summed E-state index contributed by atoms with van der Waals surface area (Å²) in [5.74, 6) is 1.81. The van der Waals surface area contributed by atoms with Crippen molar-refractivity contribution in [3.05, 3.63) is 47.9 Å². The van der Waals surface area contributed by atoms with E-state index in [1.807, 2.05) is 11.8 Å². The van der Waals surface area contributed by atoms with E-state index >= 15 is 0 Å². The lowest BCUT2D eigenvalue weighted by atomic mass is 10.1. The molecule has 0 radical (unpaired) electrons. The summed E-state index contributed by atoms with van der Waals surface area (Å²) >= 11 is 0. The Morgan fingerprint density at radius 1 is 1.21 bits per heavy atom. The maximum absolute atomic E-state index is 12.5. The highest BCUT2D eigenvalue weighted by Crippen LogP contribution is 2.34. The summed E-state index contributed by atoms with van der Waals surface area (Å²) < 4.78 is 8.72. The number of ether oxygens (including phenoxy) is 1. The predicted octanol–water partition coefficient (Wildman–Crippen LogP) is 3.77. The first kappa shape index (κ1) is 17.3. The summed E-state index contributed by atoms with van der Waals surface area (Å²) in [5, 5.41) is 8.12. The third-order valence-corrected chi connectivity index (χ3v) is 5.87. The van der Waals surface area contributed by atoms with Crippen LogP contribution < -0.4 is 4.74 Å². The Morgan fingerprint density at radius 2 is 2.04 bits per heavy atom. The fourth-order valence-electron chi connectivity index (χ4n) is 4.08. The maximum atomic E-state index is 12.5. The minimum Gasteiger partial charge on any atom is -0.490 e. The third-order valence-electron chi connectivity index (χ3n) is 5.87. The van der Waals surface area contributed by atoms with Crippen molar-refractivity contribution in [3.8, 4) is 5.75 Å². The lowest BCUT2D eigenvalue weighted by molar-refractivity contribution is 0.0592. The first-order valence-electron chi connectivity index (χ1n) is 10.2. The van der Waals surface area contributed by atoms with Crippen LogP contribution in [0.5, 0.6) is 5.75 Å². The van der Waals surface area contributed by atoms with Gasteiger partial charge in [-0.05, 0) is 49.9 Å². The fourth-order valence-corrected chi connectivity index (χ4v) is 4.08. The molecule has 0 atom stereocenters. The number of carbonyl (C=O) groups is 1. The van der Waals surface area contributed by atoms with Crippen LogP contribution in [-0.4, -0.2) is 44.8 Å². The van der Waals surface area contributed by atoms with Crippen LogP contribution in [0.2, 0.25) is 0 Å². The number of aryl methyl sites for hydroxylation is 1. The van der Waals surface area contributed by atoms with Crippen LogP contribution >= 0.6 is 0 Å². The van der Waals surface area contributed by atoms with Gasteiger partial charge in [0.15, 0.2) is 0 Å². The SMILES string of the molecule is Cc1cc(C(=O)N2CCC(Oc3cccc4c3ccn4CC3CC3)CC2)n[nH]1. The monoisotopic (exact) mass is 378 g/mol. The molecule has 3 aromatic rings. The van der Waals surface area contributed by atoms with Gasteiger partial charge in [-0.15, -0.1) is 0 Å². The van der Waals surface area contributed by atoms with Crippen molar-refractivity contribution in [1.82, 2.24) is 19.7 Å². The zero-order valence-corrected chi connectivity index (χ0v) is 16.2. The second-order valence-corrected chi connectivity index (χ2v) is 8.15. The Balaban J connectivity index is 1.24. The number of amides is 1. The van der Waals surface area contributed by atoms with Crippen LogP contribution in [0, 0.1) is 12.8 Å². The van der Waals surface area contributed by atoms with E-state index in [0.717, 1.165) is 36.7 Å². The van der Waals surface area contributed by atoms with Gasteiger partial charge in [0.2, 0.25) is 0 Å². The van der Waals surface area contributed by atoms with Crippen LogP contribution in [-0.2, 0) is 6.54 Å². The molecule has 1 aliphatic heterocycles. The number of rotatable bonds is 5. The Morgan fingerprint density at radius 3 is 2.75 bits per heavy atom. The minimum absolute atomic E-state index is 0.00190. The number of carbonyl (C=O) groups excluding carboxylic acids is 1. The van der Waals surface area contributed by atoms with Crippen molar-refractivity contribution < 1.29 is 9.53 Å². The summed E-state index contributed by atoms with van der Waals surface area (Å²) in [4.78, 5) is 14.4. The average molecular weight is 378 g/mol. The van der Waals surface area contributed by atoms with Crippen LogP contribution in [0.25, 0.3) is 10.9 Å². The first-order chi connectivity index (χ1) is 13.7. The van der Waals surface area contributed by atoms with Gasteiger partial charge in [0, 0.05) is 49.8 Å². The Kier molecular flexibility index (Phi) is 4.34. The number of aromatic amines is 1. The lowest BCUT2D eigenvalue weighted by Crippen LogP contribution is -2.41. The number of hydrogen-bond acceptors (Lipinski definition) is 3. The summed E-state index contributed by atoms with van der Waals surface area (Å²) in [7, 11) is 0. The summed E-state index contributed by atoms with van der Waals surface area (Å²) in [6.45, 7) is 4.42. The predicted molar refractivity (Wildman–Crippen MR) is 108 cm³/mol. The van der Waals surface area contributed by atoms with E-state index in [9.17, 15) is 4.79 Å². The lowest BCUT2D eigenvalue weighted by Gasteiger charge is -2.32. The van der Waals surface area contributed by atoms with Crippen molar-refractivity contribution in [2.24, 2.45) is 5.92 Å². The summed E-state index contributed by atoms with van der Waals surface area (Å²) in [6.07, 6.45) is 6.71. The molecule has 0 unspecified atom stereocenters. The smallest absolute Gasteiger partial charge is 0.274 e. The molecule has 1 amide bonds. The van der Waals surface area contributed by atoms with Gasteiger partial charge in [-0.25, -0.2) is 0 Å². The standard InChI is InChI=1S/C22H26N4O2/c1-15-13-19(24-23-15)22(27)25-10-7-17(8-11-25)28-21-4-2-3-20-18(21)9-12-26(20)14-16-5-6-16/h2-4,9,12-13,16-17H,5-8,10-11,14H2,1H3,(H,23,24). The van der Waals surface area contributed by atoms with Gasteiger partial charge in [0.25, 0.3) is 5.91 Å². The second kappa shape index (κ2) is 7.00. The number of hydrogen-bond donors (Lipinski definition) is 1. The van der Waals surface area contributed by atoms with E-state index in [1.54, 1.807) is 6.07 Å². The van der Waals surface area contributed by atoms with Crippen LogP contribution in [0.4, 0.5) is 0 Å². The fraction of sp³-hybridized carbons (Fsp3) is 0.455. The van der Waals surface area contributed by atoms with Gasteiger partial charge in [-0.3, -0.25) is 9.89 Å². The molecule has 1 aromatic carbocycles. The molecule has 1 saturated carbocycles. The first-order valence-corrected chi connectivity index (χ1v) is 10.2. The van der Waals surface area contributed by atoms with Crippen molar-refractivity contribution >= 4 is 16.8 Å². The summed E-state index contributed by atoms with van der Waals surface area (Å²) in [5.41, 5.74) is 2.66. The number of piperidine rings is 1. The van der Waals surface area contributed by atoms with Gasteiger partial charge < -0.3 is 14.2 Å². The number of nitrogens with zero attached hydrogens (tertiary/aromatic N) is 3. The molecule has 1 aliphatic carbocycles. The highest BCUT2D eigenvalue weighted by molar-refractivity contribution is 5.92. The second-order valence-electron chi connectivity index (χ2n) is 8.15. The van der Waals surface area contributed by atoms with Crippen molar-refractivity contribution in [2.75, 3.05) is 13.1 Å². The van der Waals surface area contributed by atoms with E-state index in [1.165, 1.54) is 23.7 Å². The molecule has 1 N–H and O–H groups in total. The third kappa shape index (κ3) is 3.39. The molecular weight excluding hydrogens is 352 g/mol. The number of fused-ring (bicyclic) bond motifs is 1. The van der Waals surface area contributed by atoms with Crippen molar-refractivity contribution in [2.45, 2.75) is 45.3 Å². The topological polar surface area (TPSA) is 63.1 Å².